The lowest BCUT2D eigenvalue weighted by atomic mass is 10.2. The van der Waals surface area contributed by atoms with Crippen molar-refractivity contribution in [3.63, 3.8) is 0 Å². The Morgan fingerprint density at radius 1 is 1.35 bits per heavy atom. The van der Waals surface area contributed by atoms with Crippen LogP contribution < -0.4 is 14.8 Å². The molecule has 1 aromatic rings. The summed E-state index contributed by atoms with van der Waals surface area (Å²) < 4.78 is 36.2. The highest BCUT2D eigenvalue weighted by molar-refractivity contribution is 7.89. The Labute approximate surface area is 152 Å². The summed E-state index contributed by atoms with van der Waals surface area (Å²) in [6, 6.07) is 4.41. The van der Waals surface area contributed by atoms with E-state index >= 15 is 0 Å². The highest BCUT2D eigenvalue weighted by Gasteiger charge is 2.18. The van der Waals surface area contributed by atoms with E-state index in [0.29, 0.717) is 5.56 Å². The molecule has 0 saturated heterocycles. The van der Waals surface area contributed by atoms with E-state index in [1.807, 2.05) is 0 Å². The molecule has 0 aromatic heterocycles. The summed E-state index contributed by atoms with van der Waals surface area (Å²) in [6.07, 6.45) is 3.02. The van der Waals surface area contributed by atoms with Gasteiger partial charge in [0, 0.05) is 12.6 Å². The second kappa shape index (κ2) is 9.73. The van der Waals surface area contributed by atoms with Gasteiger partial charge in [-0.05, 0) is 37.7 Å². The van der Waals surface area contributed by atoms with Crippen molar-refractivity contribution >= 4 is 28.0 Å². The van der Waals surface area contributed by atoms with Crippen molar-refractivity contribution in [2.75, 3.05) is 20.7 Å². The normalized spacial score (nSPS) is 12.4. The molecule has 142 valence electrons. The fourth-order valence-corrected chi connectivity index (χ4v) is 2.79. The van der Waals surface area contributed by atoms with Gasteiger partial charge >= 0.3 is 5.97 Å². The SMILES string of the molecule is C=CCNC(=O)C(C)OC(=O)/C=C/c1ccc(OC)c(S(=O)(=O)NC)c1. The zero-order valence-electron chi connectivity index (χ0n) is 14.8. The number of nitrogens with one attached hydrogen (secondary N) is 2. The molecule has 1 atom stereocenters. The smallest absolute Gasteiger partial charge is 0.331 e. The Morgan fingerprint density at radius 2 is 2.04 bits per heavy atom. The van der Waals surface area contributed by atoms with Gasteiger partial charge in [-0.15, -0.1) is 6.58 Å². The highest BCUT2D eigenvalue weighted by atomic mass is 32.2. The van der Waals surface area contributed by atoms with E-state index in [2.05, 4.69) is 16.6 Å². The van der Waals surface area contributed by atoms with E-state index in [9.17, 15) is 18.0 Å². The number of rotatable bonds is 9. The van der Waals surface area contributed by atoms with Gasteiger partial charge in [-0.25, -0.2) is 17.9 Å². The molecule has 1 amide bonds. The lowest BCUT2D eigenvalue weighted by molar-refractivity contribution is -0.150. The molecule has 0 heterocycles. The Kier molecular flexibility index (Phi) is 8.01. The second-order valence-corrected chi connectivity index (χ2v) is 6.92. The number of methoxy groups -OCH3 is 1. The third-order valence-electron chi connectivity index (χ3n) is 3.24. The average Bonchev–Trinajstić information content (AvgIpc) is 2.63. The molecular weight excluding hydrogens is 360 g/mol. The van der Waals surface area contributed by atoms with Crippen molar-refractivity contribution in [2.24, 2.45) is 0 Å². The number of ether oxygens (including phenoxy) is 2. The maximum absolute atomic E-state index is 12.0. The standard InChI is InChI=1S/C17H22N2O6S/c1-5-10-19-17(21)12(2)25-16(20)9-7-13-6-8-14(24-4)15(11-13)26(22,23)18-3/h5-9,11-12,18H,1,10H2,2-4H3,(H,19,21)/b9-7+. The lowest BCUT2D eigenvalue weighted by Crippen LogP contribution is -2.35. The number of amides is 1. The van der Waals surface area contributed by atoms with Crippen LogP contribution in [0.15, 0.2) is 41.8 Å². The zero-order chi connectivity index (χ0) is 19.7. The highest BCUT2D eigenvalue weighted by Crippen LogP contribution is 2.25. The average molecular weight is 382 g/mol. The molecule has 0 aliphatic carbocycles. The van der Waals surface area contributed by atoms with Crippen molar-refractivity contribution in [3.05, 3.63) is 42.5 Å². The molecule has 0 aliphatic rings. The first kappa shape index (κ1) is 21.4. The maximum atomic E-state index is 12.0. The number of sulfonamides is 1. The van der Waals surface area contributed by atoms with Gasteiger partial charge in [0.05, 0.1) is 7.11 Å². The summed E-state index contributed by atoms with van der Waals surface area (Å²) in [6.45, 7) is 5.18. The quantitative estimate of drug-likeness (QED) is 0.372. The number of hydrogen-bond donors (Lipinski definition) is 2. The van der Waals surface area contributed by atoms with E-state index in [-0.39, 0.29) is 17.2 Å². The van der Waals surface area contributed by atoms with Crippen LogP contribution in [0.4, 0.5) is 0 Å². The molecule has 1 rings (SSSR count). The van der Waals surface area contributed by atoms with E-state index in [1.165, 1.54) is 45.4 Å². The molecule has 1 aromatic carbocycles. The molecule has 0 aliphatic heterocycles. The van der Waals surface area contributed by atoms with E-state index in [1.54, 1.807) is 6.07 Å². The number of carbonyl (C=O) groups is 2. The summed E-state index contributed by atoms with van der Waals surface area (Å²) in [5, 5.41) is 2.51. The van der Waals surface area contributed by atoms with Gasteiger partial charge in [0.25, 0.3) is 5.91 Å². The molecule has 1 unspecified atom stereocenters. The van der Waals surface area contributed by atoms with Gasteiger partial charge < -0.3 is 14.8 Å². The van der Waals surface area contributed by atoms with Crippen LogP contribution in [-0.4, -0.2) is 47.1 Å². The van der Waals surface area contributed by atoms with Gasteiger partial charge in [-0.1, -0.05) is 12.1 Å². The molecule has 26 heavy (non-hydrogen) atoms. The maximum Gasteiger partial charge on any atom is 0.331 e. The Balaban J connectivity index is 2.88. The number of hydrogen-bond acceptors (Lipinski definition) is 6. The van der Waals surface area contributed by atoms with E-state index in [4.69, 9.17) is 9.47 Å². The van der Waals surface area contributed by atoms with Crippen LogP contribution >= 0.6 is 0 Å². The molecule has 0 radical (unpaired) electrons. The minimum absolute atomic E-state index is 0.0600. The molecule has 2 N–H and O–H groups in total. The molecule has 0 saturated carbocycles. The van der Waals surface area contributed by atoms with Crippen LogP contribution in [0, 0.1) is 0 Å². The molecule has 8 nitrogen and oxygen atoms in total. The topological polar surface area (TPSA) is 111 Å². The first-order valence-electron chi connectivity index (χ1n) is 7.64. The van der Waals surface area contributed by atoms with Gasteiger partial charge in [0.15, 0.2) is 6.10 Å². The van der Waals surface area contributed by atoms with Crippen molar-refractivity contribution < 1.29 is 27.5 Å². The lowest BCUT2D eigenvalue weighted by Gasteiger charge is -2.11. The zero-order valence-corrected chi connectivity index (χ0v) is 15.6. The Hall–Kier alpha value is -2.65. The van der Waals surface area contributed by atoms with E-state index in [0.717, 1.165) is 6.08 Å². The summed E-state index contributed by atoms with van der Waals surface area (Å²) >= 11 is 0. The van der Waals surface area contributed by atoms with Crippen LogP contribution in [0.2, 0.25) is 0 Å². The number of benzene rings is 1. The minimum atomic E-state index is -3.73. The van der Waals surface area contributed by atoms with Crippen LogP contribution in [0.1, 0.15) is 12.5 Å². The molecule has 0 bridgehead atoms. The first-order chi connectivity index (χ1) is 12.2. The van der Waals surface area contributed by atoms with Crippen LogP contribution in [0.3, 0.4) is 0 Å². The summed E-state index contributed by atoms with van der Waals surface area (Å²) in [4.78, 5) is 23.4. The number of carbonyl (C=O) groups excluding carboxylic acids is 2. The predicted octanol–water partition coefficient (Wildman–Crippen LogP) is 0.850. The Bertz CT molecular complexity index is 801. The summed E-state index contributed by atoms with van der Waals surface area (Å²) in [7, 11) is -1.09. The van der Waals surface area contributed by atoms with Crippen molar-refractivity contribution in [1.82, 2.24) is 10.0 Å². The molecular formula is C17H22N2O6S. The first-order valence-corrected chi connectivity index (χ1v) is 9.12. The van der Waals surface area contributed by atoms with Crippen LogP contribution in [0.25, 0.3) is 6.08 Å². The Morgan fingerprint density at radius 3 is 2.62 bits per heavy atom. The number of esters is 1. The fourth-order valence-electron chi connectivity index (χ4n) is 1.86. The monoisotopic (exact) mass is 382 g/mol. The van der Waals surface area contributed by atoms with Gasteiger partial charge in [0.1, 0.15) is 10.6 Å². The van der Waals surface area contributed by atoms with E-state index < -0.39 is 28.0 Å². The van der Waals surface area contributed by atoms with Crippen molar-refractivity contribution in [3.8, 4) is 5.75 Å². The largest absolute Gasteiger partial charge is 0.495 e. The third kappa shape index (κ3) is 6.01. The van der Waals surface area contributed by atoms with Gasteiger partial charge in [-0.3, -0.25) is 4.79 Å². The van der Waals surface area contributed by atoms with Crippen LogP contribution in [0.5, 0.6) is 5.75 Å². The van der Waals surface area contributed by atoms with Crippen molar-refractivity contribution in [2.45, 2.75) is 17.9 Å². The molecule has 0 fully saturated rings. The van der Waals surface area contributed by atoms with Gasteiger partial charge in [0.2, 0.25) is 10.0 Å². The third-order valence-corrected chi connectivity index (χ3v) is 4.68. The minimum Gasteiger partial charge on any atom is -0.495 e. The van der Waals surface area contributed by atoms with Crippen molar-refractivity contribution in [1.29, 1.82) is 0 Å². The molecule has 9 heteroatoms. The van der Waals surface area contributed by atoms with Gasteiger partial charge in [-0.2, -0.15) is 0 Å². The summed E-state index contributed by atoms with van der Waals surface area (Å²) in [5.41, 5.74) is 0.445. The summed E-state index contributed by atoms with van der Waals surface area (Å²) in [5.74, 6) is -1.01. The fraction of sp³-hybridized carbons (Fsp3) is 0.294. The second-order valence-electron chi connectivity index (χ2n) is 5.06. The predicted molar refractivity (Wildman–Crippen MR) is 97.0 cm³/mol. The molecule has 0 spiro atoms. The van der Waals surface area contributed by atoms with Crippen LogP contribution in [-0.2, 0) is 24.3 Å².